The molecule has 135 heavy (non-hydrogen) atoms. The Bertz CT molecular complexity index is 7600. The summed E-state index contributed by atoms with van der Waals surface area (Å²) in [7, 11) is -1.31. The molecular weight excluding hydrogens is 1710 g/mol. The predicted molar refractivity (Wildman–Crippen MR) is 576 cm³/mol. The molecule has 0 bridgehead atoms. The number of fused-ring (bicyclic) bond motifs is 9. The summed E-state index contributed by atoms with van der Waals surface area (Å²) in [6.45, 7) is 25.3. The molecule has 662 valence electrons. The van der Waals surface area contributed by atoms with E-state index in [1.54, 1.807) is 0 Å². The third-order valence-corrected chi connectivity index (χ3v) is 31.5. The Kier molecular flexibility index (Phi) is 23.5. The Morgan fingerprint density at radius 3 is 0.911 bits per heavy atom. The molecule has 0 atom stereocenters. The van der Waals surface area contributed by atoms with Crippen LogP contribution in [0.2, 0.25) is 0 Å². The standard InChI is InChI=1S/2C42H36BNO2S.C36H32BNO2S/c1-41(2)42(3,4)46-43(45-41)32-27-30(29-16-8-5-9-17-29)26-31(28-32)35-24-25-37(39-36-22-14-15-23-38(36)47-40(35)39)44(33-18-10-6-11-19-33)34-20-12-7-13-21-34;1-41(2)42(3,4)46-43(45-41)32-17-13-16-31(28-32)35-26-27-37(39-36-20-11-12-21-38(36)47-40(35)39)44(33-18-9-6-10-19-33)34-24-22-30(23-25-34)29-14-7-5-8-15-29;1-35(2)36(3,4)40-37(39-35)26-15-13-14-25(24-26)33-31(23-22-30-29-20-11-12-21-32(29)41-34(30)33)38(27-16-7-5-8-17-27)28-18-9-6-10-19-28/h2*5-28H,1-4H3;5-24H,1-4H3. The quantitative estimate of drug-likeness (QED) is 0.0830. The number of para-hydroxylation sites is 5. The van der Waals surface area contributed by atoms with Crippen LogP contribution in [0.15, 0.2) is 413 Å². The van der Waals surface area contributed by atoms with Crippen molar-refractivity contribution in [2.24, 2.45) is 0 Å². The molecule has 3 fully saturated rings. The van der Waals surface area contributed by atoms with Gasteiger partial charge in [-0.1, -0.05) is 297 Å². The van der Waals surface area contributed by atoms with Gasteiger partial charge < -0.3 is 42.6 Å². The van der Waals surface area contributed by atoms with Crippen LogP contribution in [-0.2, 0) is 27.9 Å². The first-order chi connectivity index (χ1) is 65.4. The van der Waals surface area contributed by atoms with Crippen molar-refractivity contribution in [2.75, 3.05) is 14.7 Å². The summed E-state index contributed by atoms with van der Waals surface area (Å²) in [6.07, 6.45) is 0. The molecule has 3 aromatic heterocycles. The van der Waals surface area contributed by atoms with Gasteiger partial charge in [-0.3, -0.25) is 0 Å². The van der Waals surface area contributed by atoms with Crippen molar-refractivity contribution in [3.8, 4) is 55.6 Å². The number of hydrogen-bond donors (Lipinski definition) is 0. The number of hydrogen-bond acceptors (Lipinski definition) is 12. The third-order valence-electron chi connectivity index (χ3n) is 27.9. The maximum absolute atomic E-state index is 6.59. The van der Waals surface area contributed by atoms with E-state index in [0.717, 1.165) is 95.4 Å². The van der Waals surface area contributed by atoms with Gasteiger partial charge in [0.2, 0.25) is 0 Å². The van der Waals surface area contributed by atoms with E-state index in [9.17, 15) is 0 Å². The SMILES string of the molecule is CC1(C)OB(c2cc(-c3ccccc3)cc(-c3ccc(N(c4ccccc4)c4ccccc4)c4c3sc3ccccc34)c2)OC1(C)C.CC1(C)OB(c2cccc(-c3c(N(c4ccccc4)c4ccccc4)ccc4c3sc3ccccc34)c2)OC1(C)C.CC1(C)OB(c2cccc(-c3ccc(N(c4ccccc4)c4ccc(-c5ccccc5)cc4)c4c3sc3ccccc34)c2)OC1(C)C. The molecular formula is C120H104B3N3O6S3. The molecule has 6 heterocycles. The molecule has 3 saturated heterocycles. The lowest BCUT2D eigenvalue weighted by Crippen LogP contribution is -2.41. The van der Waals surface area contributed by atoms with E-state index in [0.29, 0.717) is 0 Å². The lowest BCUT2D eigenvalue weighted by molar-refractivity contribution is 0.00578. The second kappa shape index (κ2) is 35.9. The highest BCUT2D eigenvalue weighted by Crippen LogP contribution is 2.54. The summed E-state index contributed by atoms with van der Waals surface area (Å²) in [6, 6.07) is 147. The van der Waals surface area contributed by atoms with Crippen LogP contribution in [0.5, 0.6) is 0 Å². The zero-order chi connectivity index (χ0) is 92.5. The Labute approximate surface area is 804 Å². The normalized spacial score (nSPS) is 15.5. The van der Waals surface area contributed by atoms with Gasteiger partial charge in [-0.2, -0.15) is 0 Å². The summed E-state index contributed by atoms with van der Waals surface area (Å²) in [5.41, 5.74) is 22.5. The van der Waals surface area contributed by atoms with Crippen LogP contribution in [-0.4, -0.2) is 55.0 Å². The Hall–Kier alpha value is -13.2. The lowest BCUT2D eigenvalue weighted by atomic mass is 9.76. The van der Waals surface area contributed by atoms with Crippen LogP contribution in [0.4, 0.5) is 51.2 Å². The number of nitrogens with zero attached hydrogens (tertiary/aromatic N) is 3. The van der Waals surface area contributed by atoms with Gasteiger partial charge >= 0.3 is 21.4 Å². The molecule has 0 saturated carbocycles. The minimum Gasteiger partial charge on any atom is -0.399 e. The third kappa shape index (κ3) is 16.9. The summed E-state index contributed by atoms with van der Waals surface area (Å²) >= 11 is 5.56. The molecule has 0 amide bonds. The minimum absolute atomic E-state index is 0.395. The van der Waals surface area contributed by atoms with E-state index >= 15 is 0 Å². The van der Waals surface area contributed by atoms with Crippen molar-refractivity contribution < 1.29 is 27.9 Å². The van der Waals surface area contributed by atoms with Crippen molar-refractivity contribution in [1.29, 1.82) is 0 Å². The average molecular weight is 1810 g/mol. The number of rotatable bonds is 17. The topological polar surface area (TPSA) is 65.1 Å². The Balaban J connectivity index is 0.000000122. The zero-order valence-electron chi connectivity index (χ0n) is 78.0. The zero-order valence-corrected chi connectivity index (χ0v) is 80.5. The molecule has 3 aliphatic rings. The van der Waals surface area contributed by atoms with E-state index in [1.165, 1.54) is 88.3 Å². The summed E-state index contributed by atoms with van der Waals surface area (Å²) in [5.74, 6) is 0. The smallest absolute Gasteiger partial charge is 0.399 e. The molecule has 0 spiro atoms. The van der Waals surface area contributed by atoms with Gasteiger partial charge in [0.1, 0.15) is 0 Å². The minimum atomic E-state index is -0.466. The van der Waals surface area contributed by atoms with Crippen LogP contribution in [0, 0.1) is 0 Å². The van der Waals surface area contributed by atoms with E-state index in [2.05, 4.69) is 510 Å². The van der Waals surface area contributed by atoms with Gasteiger partial charge in [0.15, 0.2) is 0 Å². The van der Waals surface area contributed by atoms with Gasteiger partial charge in [-0.15, -0.1) is 34.0 Å². The van der Waals surface area contributed by atoms with E-state index in [4.69, 9.17) is 27.9 Å². The van der Waals surface area contributed by atoms with Gasteiger partial charge in [0.05, 0.1) is 50.7 Å². The molecule has 20 aromatic rings. The van der Waals surface area contributed by atoms with Crippen LogP contribution in [0.25, 0.3) is 116 Å². The monoisotopic (exact) mass is 1810 g/mol. The highest BCUT2D eigenvalue weighted by molar-refractivity contribution is 7.27. The highest BCUT2D eigenvalue weighted by atomic mass is 32.1. The first-order valence-corrected chi connectivity index (χ1v) is 49.0. The van der Waals surface area contributed by atoms with E-state index < -0.39 is 55.0 Å². The van der Waals surface area contributed by atoms with Gasteiger partial charge in [-0.25, -0.2) is 0 Å². The predicted octanol–water partition coefficient (Wildman–Crippen LogP) is 31.8. The van der Waals surface area contributed by atoms with Gasteiger partial charge in [-0.05, 0) is 265 Å². The van der Waals surface area contributed by atoms with Gasteiger partial charge in [0, 0.05) is 100 Å². The van der Waals surface area contributed by atoms with Crippen molar-refractivity contribution >= 4 is 183 Å². The van der Waals surface area contributed by atoms with Crippen molar-refractivity contribution in [3.05, 3.63) is 413 Å². The van der Waals surface area contributed by atoms with Crippen LogP contribution >= 0.6 is 34.0 Å². The summed E-state index contributed by atoms with van der Waals surface area (Å²) in [4.78, 5) is 7.13. The number of thiophene rings is 3. The fourth-order valence-corrected chi connectivity index (χ4v) is 22.4. The molecule has 15 heteroatoms. The largest absolute Gasteiger partial charge is 0.494 e. The fraction of sp³-hybridized carbons (Fsp3) is 0.150. The molecule has 3 aliphatic heterocycles. The maximum Gasteiger partial charge on any atom is 0.494 e. The van der Waals surface area contributed by atoms with Crippen molar-refractivity contribution in [1.82, 2.24) is 0 Å². The second-order valence-corrected chi connectivity index (χ2v) is 41.3. The molecule has 0 unspecified atom stereocenters. The van der Waals surface area contributed by atoms with Crippen LogP contribution < -0.4 is 31.1 Å². The first-order valence-electron chi connectivity index (χ1n) is 46.5. The summed E-state index contributed by atoms with van der Waals surface area (Å²) in [5, 5.41) is 7.57. The highest BCUT2D eigenvalue weighted by Gasteiger charge is 2.54. The van der Waals surface area contributed by atoms with E-state index in [1.807, 2.05) is 34.0 Å². The number of anilines is 9. The molecule has 0 radical (unpaired) electrons. The lowest BCUT2D eigenvalue weighted by Gasteiger charge is -2.32. The first kappa shape index (κ1) is 88.4. The maximum atomic E-state index is 6.59. The number of benzene rings is 17. The van der Waals surface area contributed by atoms with Crippen LogP contribution in [0.3, 0.4) is 0 Å². The average Bonchev–Trinajstić information content (AvgIpc) is 1.60. The molecule has 0 aliphatic carbocycles. The van der Waals surface area contributed by atoms with E-state index in [-0.39, 0.29) is 0 Å². The fourth-order valence-electron chi connectivity index (χ4n) is 18.7. The Morgan fingerprint density at radius 1 is 0.200 bits per heavy atom. The molecule has 17 aromatic carbocycles. The molecule has 23 rings (SSSR count). The Morgan fingerprint density at radius 2 is 0.489 bits per heavy atom. The second-order valence-electron chi connectivity index (χ2n) is 38.1. The van der Waals surface area contributed by atoms with Crippen LogP contribution in [0.1, 0.15) is 83.1 Å². The van der Waals surface area contributed by atoms with Crippen molar-refractivity contribution in [3.63, 3.8) is 0 Å². The van der Waals surface area contributed by atoms with Gasteiger partial charge in [0.25, 0.3) is 0 Å². The van der Waals surface area contributed by atoms with Crippen molar-refractivity contribution in [2.45, 2.75) is 117 Å². The molecule has 0 N–H and O–H groups in total. The summed E-state index contributed by atoms with van der Waals surface area (Å²) < 4.78 is 46.6. The molecule has 9 nitrogen and oxygen atoms in total.